The lowest BCUT2D eigenvalue weighted by atomic mass is 10.2. The Morgan fingerprint density at radius 2 is 1.88 bits per heavy atom. The van der Waals surface area contributed by atoms with Crippen molar-refractivity contribution in [2.24, 2.45) is 5.73 Å². The monoisotopic (exact) mass is 495 g/mol. The molecule has 1 aliphatic rings. The van der Waals surface area contributed by atoms with E-state index in [-0.39, 0.29) is 46.3 Å². The minimum atomic E-state index is -3.85. The molecule has 0 aliphatic carbocycles. The molecular weight excluding hydrogens is 470 g/mol. The van der Waals surface area contributed by atoms with Gasteiger partial charge in [0.25, 0.3) is 11.8 Å². The molecule has 1 aromatic carbocycles. The maximum Gasteiger partial charge on any atom is 0.338 e. The number of ether oxygens (including phenoxy) is 2. The fourth-order valence-corrected chi connectivity index (χ4v) is 5.79. The van der Waals surface area contributed by atoms with Gasteiger partial charge in [-0.2, -0.15) is 4.31 Å². The molecule has 2 aromatic rings. The van der Waals surface area contributed by atoms with Crippen molar-refractivity contribution in [1.82, 2.24) is 4.31 Å². The standard InChI is InChI=1S/C21H25N3O7S2/c1-12-10-24(11-13(2)30-12)33(28,29)16-6-4-5-15(9-16)21(27)31-14(3)19(26)23-20-17(18(22)25)7-8-32-20/h4-9,12-14H,10-11H2,1-3H3,(H2,22,25)(H,23,26). The van der Waals surface area contributed by atoms with E-state index in [0.29, 0.717) is 0 Å². The number of esters is 1. The molecule has 0 spiro atoms. The molecule has 0 bridgehead atoms. The Labute approximate surface area is 195 Å². The number of nitrogens with one attached hydrogen (secondary N) is 1. The Morgan fingerprint density at radius 1 is 1.21 bits per heavy atom. The second kappa shape index (κ2) is 10.00. The molecule has 12 heteroatoms. The number of anilines is 1. The summed E-state index contributed by atoms with van der Waals surface area (Å²) in [5.74, 6) is -2.22. The van der Waals surface area contributed by atoms with E-state index in [0.717, 1.165) is 11.3 Å². The van der Waals surface area contributed by atoms with Gasteiger partial charge in [0.15, 0.2) is 6.10 Å². The van der Waals surface area contributed by atoms with Gasteiger partial charge in [0.05, 0.1) is 28.2 Å². The van der Waals surface area contributed by atoms with E-state index in [4.69, 9.17) is 15.2 Å². The summed E-state index contributed by atoms with van der Waals surface area (Å²) in [6.45, 7) is 5.35. The third-order valence-corrected chi connectivity index (χ3v) is 7.57. The smallest absolute Gasteiger partial charge is 0.338 e. The van der Waals surface area contributed by atoms with Crippen LogP contribution in [0.2, 0.25) is 0 Å². The highest BCUT2D eigenvalue weighted by Crippen LogP contribution is 2.24. The van der Waals surface area contributed by atoms with Crippen LogP contribution in [0.4, 0.5) is 5.00 Å². The summed E-state index contributed by atoms with van der Waals surface area (Å²) in [6.07, 6.45) is -1.72. The predicted octanol–water partition coefficient (Wildman–Crippen LogP) is 1.83. The minimum absolute atomic E-state index is 0.0148. The number of nitrogens with two attached hydrogens (primary N) is 1. The van der Waals surface area contributed by atoms with Gasteiger partial charge < -0.3 is 20.5 Å². The second-order valence-electron chi connectivity index (χ2n) is 7.67. The fraction of sp³-hybridized carbons (Fsp3) is 0.381. The highest BCUT2D eigenvalue weighted by molar-refractivity contribution is 7.89. The van der Waals surface area contributed by atoms with Crippen molar-refractivity contribution in [2.75, 3.05) is 18.4 Å². The van der Waals surface area contributed by atoms with Crippen molar-refractivity contribution in [3.63, 3.8) is 0 Å². The molecule has 10 nitrogen and oxygen atoms in total. The van der Waals surface area contributed by atoms with Gasteiger partial charge in [-0.1, -0.05) is 6.07 Å². The maximum absolute atomic E-state index is 13.1. The lowest BCUT2D eigenvalue weighted by Gasteiger charge is -2.34. The van der Waals surface area contributed by atoms with Gasteiger partial charge >= 0.3 is 5.97 Å². The van der Waals surface area contributed by atoms with E-state index in [1.807, 2.05) is 0 Å². The van der Waals surface area contributed by atoms with Crippen molar-refractivity contribution in [3.05, 3.63) is 46.8 Å². The van der Waals surface area contributed by atoms with Gasteiger partial charge in [-0.05, 0) is 50.4 Å². The number of amides is 2. The van der Waals surface area contributed by atoms with E-state index < -0.39 is 33.9 Å². The molecule has 3 N–H and O–H groups in total. The van der Waals surface area contributed by atoms with Gasteiger partial charge in [0.2, 0.25) is 10.0 Å². The number of morpholine rings is 1. The molecule has 0 saturated carbocycles. The van der Waals surface area contributed by atoms with Crippen LogP contribution in [0.1, 0.15) is 41.5 Å². The molecule has 3 atom stereocenters. The normalized spacial score (nSPS) is 20.1. The molecule has 0 radical (unpaired) electrons. The lowest BCUT2D eigenvalue weighted by molar-refractivity contribution is -0.123. The average molecular weight is 496 g/mol. The van der Waals surface area contributed by atoms with Crippen LogP contribution in [0.5, 0.6) is 0 Å². The van der Waals surface area contributed by atoms with Crippen LogP contribution in [0.15, 0.2) is 40.6 Å². The number of carbonyl (C=O) groups is 3. The number of benzene rings is 1. The van der Waals surface area contributed by atoms with Crippen LogP contribution in [-0.4, -0.2) is 61.9 Å². The van der Waals surface area contributed by atoms with E-state index >= 15 is 0 Å². The van der Waals surface area contributed by atoms with Crippen molar-refractivity contribution in [3.8, 4) is 0 Å². The molecule has 1 saturated heterocycles. The first kappa shape index (κ1) is 24.8. The number of thiophene rings is 1. The number of carbonyl (C=O) groups excluding carboxylic acids is 3. The first-order valence-electron chi connectivity index (χ1n) is 10.1. The van der Waals surface area contributed by atoms with Crippen LogP contribution < -0.4 is 11.1 Å². The van der Waals surface area contributed by atoms with Crippen LogP contribution in [0, 0.1) is 0 Å². The zero-order valence-corrected chi connectivity index (χ0v) is 19.9. The molecule has 2 amide bonds. The summed E-state index contributed by atoms with van der Waals surface area (Å²) in [5.41, 5.74) is 5.39. The third-order valence-electron chi connectivity index (χ3n) is 4.91. The molecule has 3 rings (SSSR count). The molecule has 1 fully saturated rings. The summed E-state index contributed by atoms with van der Waals surface area (Å²) in [7, 11) is -3.85. The lowest BCUT2D eigenvalue weighted by Crippen LogP contribution is -2.48. The van der Waals surface area contributed by atoms with Crippen molar-refractivity contribution < 1.29 is 32.3 Å². The van der Waals surface area contributed by atoms with E-state index in [2.05, 4.69) is 5.32 Å². The first-order chi connectivity index (χ1) is 15.5. The third kappa shape index (κ3) is 5.77. The van der Waals surface area contributed by atoms with Gasteiger partial charge in [-0.3, -0.25) is 9.59 Å². The Hall–Kier alpha value is -2.80. The van der Waals surface area contributed by atoms with Crippen molar-refractivity contribution in [1.29, 1.82) is 0 Å². The van der Waals surface area contributed by atoms with E-state index in [9.17, 15) is 22.8 Å². The highest BCUT2D eigenvalue weighted by atomic mass is 32.2. The van der Waals surface area contributed by atoms with Gasteiger partial charge in [-0.25, -0.2) is 13.2 Å². The van der Waals surface area contributed by atoms with Crippen molar-refractivity contribution >= 4 is 44.1 Å². The molecule has 178 valence electrons. The molecular formula is C21H25N3O7S2. The SMILES string of the molecule is CC1CN(S(=O)(=O)c2cccc(C(=O)OC(C)C(=O)Nc3sccc3C(N)=O)c2)CC(C)O1. The van der Waals surface area contributed by atoms with Gasteiger partial charge in [-0.15, -0.1) is 11.3 Å². The van der Waals surface area contributed by atoms with Crippen LogP contribution in [0.3, 0.4) is 0 Å². The molecule has 1 aliphatic heterocycles. The summed E-state index contributed by atoms with van der Waals surface area (Å²) in [6, 6.07) is 6.93. The van der Waals surface area contributed by atoms with Gasteiger partial charge in [0.1, 0.15) is 5.00 Å². The highest BCUT2D eigenvalue weighted by Gasteiger charge is 2.32. The van der Waals surface area contributed by atoms with Crippen LogP contribution in [0.25, 0.3) is 0 Å². The summed E-state index contributed by atoms with van der Waals surface area (Å²) in [4.78, 5) is 36.3. The molecule has 33 heavy (non-hydrogen) atoms. The molecule has 1 aromatic heterocycles. The quantitative estimate of drug-likeness (QED) is 0.557. The number of hydrogen-bond acceptors (Lipinski definition) is 8. The fourth-order valence-electron chi connectivity index (χ4n) is 3.36. The number of rotatable bonds is 7. The topological polar surface area (TPSA) is 145 Å². The minimum Gasteiger partial charge on any atom is -0.449 e. The summed E-state index contributed by atoms with van der Waals surface area (Å²) in [5, 5.41) is 4.34. The Kier molecular flexibility index (Phi) is 7.52. The predicted molar refractivity (Wildman–Crippen MR) is 122 cm³/mol. The van der Waals surface area contributed by atoms with Crippen molar-refractivity contribution in [2.45, 2.75) is 44.0 Å². The maximum atomic E-state index is 13.1. The number of nitrogens with zero attached hydrogens (tertiary/aromatic N) is 1. The van der Waals surface area contributed by atoms with E-state index in [1.165, 1.54) is 41.6 Å². The Morgan fingerprint density at radius 3 is 2.52 bits per heavy atom. The number of sulfonamides is 1. The zero-order chi connectivity index (χ0) is 24.3. The van der Waals surface area contributed by atoms with Crippen LogP contribution >= 0.6 is 11.3 Å². The average Bonchev–Trinajstić information content (AvgIpc) is 3.21. The molecule has 2 heterocycles. The Bertz CT molecular complexity index is 1150. The van der Waals surface area contributed by atoms with Crippen LogP contribution in [-0.2, 0) is 24.3 Å². The Balaban J connectivity index is 1.70. The number of primary amides is 1. The second-order valence-corrected chi connectivity index (χ2v) is 10.5. The number of hydrogen-bond donors (Lipinski definition) is 2. The first-order valence-corrected chi connectivity index (χ1v) is 12.5. The largest absolute Gasteiger partial charge is 0.449 e. The van der Waals surface area contributed by atoms with Gasteiger partial charge in [0, 0.05) is 13.1 Å². The summed E-state index contributed by atoms with van der Waals surface area (Å²) >= 11 is 1.10. The summed E-state index contributed by atoms with van der Waals surface area (Å²) < 4.78 is 38.2. The van der Waals surface area contributed by atoms with E-state index in [1.54, 1.807) is 19.2 Å². The molecule has 3 unspecified atom stereocenters. The zero-order valence-electron chi connectivity index (χ0n) is 18.3.